The van der Waals surface area contributed by atoms with Gasteiger partial charge in [0, 0.05) is 30.9 Å². The molecule has 0 spiro atoms. The van der Waals surface area contributed by atoms with E-state index in [1.54, 1.807) is 24.4 Å². The second-order valence-electron chi connectivity index (χ2n) is 4.08. The molecule has 1 N–H and O–H groups in total. The van der Waals surface area contributed by atoms with Crippen LogP contribution >= 0.6 is 0 Å². The number of benzene rings is 1. The zero-order valence-electron chi connectivity index (χ0n) is 10.5. The Balaban J connectivity index is 1.98. The van der Waals surface area contributed by atoms with Gasteiger partial charge in [-0.3, -0.25) is 10.1 Å². The van der Waals surface area contributed by atoms with Crippen molar-refractivity contribution in [3.8, 4) is 0 Å². The topological polar surface area (TPSA) is 81.0 Å². The van der Waals surface area contributed by atoms with E-state index in [1.165, 1.54) is 6.07 Å². The lowest BCUT2D eigenvalue weighted by Gasteiger charge is -2.05. The Bertz CT molecular complexity index is 586. The van der Waals surface area contributed by atoms with E-state index in [0.29, 0.717) is 24.5 Å². The number of nitro benzene ring substituents is 1. The first-order valence-corrected chi connectivity index (χ1v) is 5.88. The minimum Gasteiger partial charge on any atom is -0.307 e. The maximum absolute atomic E-state index is 10.9. The van der Waals surface area contributed by atoms with Gasteiger partial charge in [-0.1, -0.05) is 18.2 Å². The monoisotopic (exact) mass is 258 g/mol. The quantitative estimate of drug-likeness (QED) is 0.655. The number of para-hydroxylation sites is 1. The number of aromatic nitrogens is 2. The molecule has 1 aromatic carbocycles. The lowest BCUT2D eigenvalue weighted by Crippen LogP contribution is -2.15. The van der Waals surface area contributed by atoms with E-state index in [2.05, 4.69) is 15.3 Å². The lowest BCUT2D eigenvalue weighted by atomic mass is 10.2. The summed E-state index contributed by atoms with van der Waals surface area (Å²) in [7, 11) is 0. The Kier molecular flexibility index (Phi) is 4.15. The van der Waals surface area contributed by atoms with Crippen LogP contribution in [0.1, 0.15) is 17.1 Å². The predicted octanol–water partition coefficient (Wildman–Crippen LogP) is 1.98. The summed E-state index contributed by atoms with van der Waals surface area (Å²) in [6, 6.07) is 8.52. The fourth-order valence-corrected chi connectivity index (χ4v) is 1.77. The second kappa shape index (κ2) is 6.01. The van der Waals surface area contributed by atoms with Gasteiger partial charge in [-0.05, 0) is 13.0 Å². The van der Waals surface area contributed by atoms with Gasteiger partial charge in [0.1, 0.15) is 5.82 Å². The molecule has 0 atom stereocenters. The van der Waals surface area contributed by atoms with Gasteiger partial charge in [0.25, 0.3) is 5.69 Å². The van der Waals surface area contributed by atoms with E-state index in [0.717, 1.165) is 5.69 Å². The molecule has 0 fully saturated rings. The van der Waals surface area contributed by atoms with E-state index in [9.17, 15) is 10.1 Å². The molecule has 0 saturated carbocycles. The van der Waals surface area contributed by atoms with Crippen LogP contribution in [-0.4, -0.2) is 14.9 Å². The first-order chi connectivity index (χ1) is 9.16. The van der Waals surface area contributed by atoms with E-state index in [1.807, 2.05) is 13.0 Å². The molecule has 1 aromatic heterocycles. The highest BCUT2D eigenvalue weighted by Crippen LogP contribution is 2.17. The standard InChI is InChI=1S/C13H14N4O2/c1-10-15-7-6-12(16-10)9-14-8-11-4-2-3-5-13(11)17(18)19/h2-7,14H,8-9H2,1H3. The molecular formula is C13H14N4O2. The van der Waals surface area contributed by atoms with Gasteiger partial charge in [-0.15, -0.1) is 0 Å². The Morgan fingerprint density at radius 2 is 2.05 bits per heavy atom. The van der Waals surface area contributed by atoms with Gasteiger partial charge in [0.2, 0.25) is 0 Å². The molecule has 0 saturated heterocycles. The number of nitro groups is 1. The Morgan fingerprint density at radius 1 is 1.26 bits per heavy atom. The average molecular weight is 258 g/mol. The van der Waals surface area contributed by atoms with E-state index < -0.39 is 0 Å². The van der Waals surface area contributed by atoms with Crippen molar-refractivity contribution in [1.82, 2.24) is 15.3 Å². The molecule has 2 aromatic rings. The molecule has 2 rings (SSSR count). The Labute approximate surface area is 110 Å². The summed E-state index contributed by atoms with van der Waals surface area (Å²) in [5.74, 6) is 0.713. The number of hydrogen-bond donors (Lipinski definition) is 1. The van der Waals surface area contributed by atoms with Gasteiger partial charge in [-0.25, -0.2) is 9.97 Å². The molecule has 19 heavy (non-hydrogen) atoms. The minimum atomic E-state index is -0.369. The third kappa shape index (κ3) is 3.56. The van der Waals surface area contributed by atoms with Gasteiger partial charge < -0.3 is 5.32 Å². The van der Waals surface area contributed by atoms with Crippen molar-refractivity contribution in [2.45, 2.75) is 20.0 Å². The van der Waals surface area contributed by atoms with Gasteiger partial charge >= 0.3 is 0 Å². The number of nitrogens with zero attached hydrogens (tertiary/aromatic N) is 3. The summed E-state index contributed by atoms with van der Waals surface area (Å²) >= 11 is 0. The molecule has 0 aliphatic heterocycles. The molecular weight excluding hydrogens is 244 g/mol. The molecule has 0 aliphatic rings. The number of hydrogen-bond acceptors (Lipinski definition) is 5. The van der Waals surface area contributed by atoms with E-state index in [-0.39, 0.29) is 10.6 Å². The fraction of sp³-hybridized carbons (Fsp3) is 0.231. The Hall–Kier alpha value is -2.34. The third-order valence-corrected chi connectivity index (χ3v) is 2.64. The summed E-state index contributed by atoms with van der Waals surface area (Å²) in [6.07, 6.45) is 1.70. The van der Waals surface area contributed by atoms with Crippen LogP contribution in [0.15, 0.2) is 36.5 Å². The van der Waals surface area contributed by atoms with Crippen LogP contribution in [0.25, 0.3) is 0 Å². The highest BCUT2D eigenvalue weighted by Gasteiger charge is 2.11. The normalized spacial score (nSPS) is 10.4. The van der Waals surface area contributed by atoms with Crippen molar-refractivity contribution in [2.24, 2.45) is 0 Å². The minimum absolute atomic E-state index is 0.133. The van der Waals surface area contributed by atoms with Crippen molar-refractivity contribution < 1.29 is 4.92 Å². The largest absolute Gasteiger partial charge is 0.307 e. The zero-order chi connectivity index (χ0) is 13.7. The molecule has 0 unspecified atom stereocenters. The summed E-state index contributed by atoms with van der Waals surface area (Å²) in [6.45, 7) is 2.81. The summed E-state index contributed by atoms with van der Waals surface area (Å²) in [5, 5.41) is 14.0. The van der Waals surface area contributed by atoms with Crippen molar-refractivity contribution in [3.05, 3.63) is 63.7 Å². The van der Waals surface area contributed by atoms with Crippen LogP contribution in [0.2, 0.25) is 0 Å². The summed E-state index contributed by atoms with van der Waals surface area (Å²) in [5.41, 5.74) is 1.67. The third-order valence-electron chi connectivity index (χ3n) is 2.64. The van der Waals surface area contributed by atoms with Crippen LogP contribution in [0.5, 0.6) is 0 Å². The van der Waals surface area contributed by atoms with Crippen LogP contribution in [0.3, 0.4) is 0 Å². The number of aryl methyl sites for hydroxylation is 1. The smallest absolute Gasteiger partial charge is 0.273 e. The van der Waals surface area contributed by atoms with Crippen molar-refractivity contribution >= 4 is 5.69 Å². The van der Waals surface area contributed by atoms with E-state index in [4.69, 9.17) is 0 Å². The second-order valence-corrected chi connectivity index (χ2v) is 4.08. The molecule has 98 valence electrons. The fourth-order valence-electron chi connectivity index (χ4n) is 1.77. The van der Waals surface area contributed by atoms with Gasteiger partial charge in [0.05, 0.1) is 10.6 Å². The molecule has 0 aliphatic carbocycles. The molecule has 6 nitrogen and oxygen atoms in total. The van der Waals surface area contributed by atoms with Crippen molar-refractivity contribution in [2.75, 3.05) is 0 Å². The van der Waals surface area contributed by atoms with Crippen LogP contribution in [-0.2, 0) is 13.1 Å². The highest BCUT2D eigenvalue weighted by atomic mass is 16.6. The Morgan fingerprint density at radius 3 is 2.79 bits per heavy atom. The summed E-state index contributed by atoms with van der Waals surface area (Å²) in [4.78, 5) is 18.8. The molecule has 6 heteroatoms. The molecule has 0 radical (unpaired) electrons. The predicted molar refractivity (Wildman–Crippen MR) is 70.4 cm³/mol. The first kappa shape index (κ1) is 13.1. The van der Waals surface area contributed by atoms with Gasteiger partial charge in [0.15, 0.2) is 0 Å². The van der Waals surface area contributed by atoms with E-state index >= 15 is 0 Å². The molecule has 0 amide bonds. The van der Waals surface area contributed by atoms with Crippen molar-refractivity contribution in [3.63, 3.8) is 0 Å². The van der Waals surface area contributed by atoms with Crippen LogP contribution in [0, 0.1) is 17.0 Å². The first-order valence-electron chi connectivity index (χ1n) is 5.88. The summed E-state index contributed by atoms with van der Waals surface area (Å²) < 4.78 is 0. The van der Waals surface area contributed by atoms with Crippen LogP contribution in [0.4, 0.5) is 5.69 Å². The van der Waals surface area contributed by atoms with Gasteiger partial charge in [-0.2, -0.15) is 0 Å². The highest BCUT2D eigenvalue weighted by molar-refractivity contribution is 5.39. The zero-order valence-corrected chi connectivity index (χ0v) is 10.5. The molecule has 1 heterocycles. The average Bonchev–Trinajstić information content (AvgIpc) is 2.39. The lowest BCUT2D eigenvalue weighted by molar-refractivity contribution is -0.385. The number of rotatable bonds is 5. The molecule has 0 bridgehead atoms. The SMILES string of the molecule is Cc1nccc(CNCc2ccccc2[N+](=O)[O-])n1. The maximum atomic E-state index is 10.9. The number of nitrogens with one attached hydrogen (secondary N) is 1. The van der Waals surface area contributed by atoms with Crippen LogP contribution < -0.4 is 5.32 Å². The van der Waals surface area contributed by atoms with Crippen molar-refractivity contribution in [1.29, 1.82) is 0 Å². The maximum Gasteiger partial charge on any atom is 0.273 e.